The van der Waals surface area contributed by atoms with Crippen molar-refractivity contribution in [1.29, 1.82) is 0 Å². The standard InChI is InChI=1S/C22H26N2O5/c1-4-29-18-8-6-5-7-17(18)22(26)24-13-11-23(12-14-24)21(25)16-9-10-19(27-2)20(15-16)28-3/h5-10,15H,4,11-14H2,1-3H3. The summed E-state index contributed by atoms with van der Waals surface area (Å²) in [6.07, 6.45) is 0. The van der Waals surface area contributed by atoms with E-state index in [0.717, 1.165) is 0 Å². The van der Waals surface area contributed by atoms with E-state index in [0.29, 0.717) is 61.2 Å². The van der Waals surface area contributed by atoms with Crippen LogP contribution < -0.4 is 14.2 Å². The molecule has 1 heterocycles. The highest BCUT2D eigenvalue weighted by Crippen LogP contribution is 2.28. The molecule has 3 rings (SSSR count). The molecule has 154 valence electrons. The lowest BCUT2D eigenvalue weighted by Crippen LogP contribution is -2.50. The normalized spacial score (nSPS) is 13.8. The molecule has 0 bridgehead atoms. The van der Waals surface area contributed by atoms with Crippen molar-refractivity contribution in [3.63, 3.8) is 0 Å². The van der Waals surface area contributed by atoms with Crippen LogP contribution in [0.3, 0.4) is 0 Å². The van der Waals surface area contributed by atoms with Crippen LogP contribution in [0.2, 0.25) is 0 Å². The molecule has 1 fully saturated rings. The zero-order valence-electron chi connectivity index (χ0n) is 17.0. The minimum atomic E-state index is -0.0900. The molecule has 1 aliphatic rings. The molecule has 0 spiro atoms. The molecular formula is C22H26N2O5. The molecule has 0 radical (unpaired) electrons. The van der Waals surface area contributed by atoms with Crippen LogP contribution in [0.5, 0.6) is 17.2 Å². The van der Waals surface area contributed by atoms with Gasteiger partial charge in [-0.3, -0.25) is 9.59 Å². The summed E-state index contributed by atoms with van der Waals surface area (Å²) < 4.78 is 16.1. The van der Waals surface area contributed by atoms with Gasteiger partial charge in [0.25, 0.3) is 11.8 Å². The Kier molecular flexibility index (Phi) is 6.59. The number of ether oxygens (including phenoxy) is 3. The molecular weight excluding hydrogens is 372 g/mol. The van der Waals surface area contributed by atoms with E-state index in [-0.39, 0.29) is 11.8 Å². The van der Waals surface area contributed by atoms with Crippen LogP contribution in [0.25, 0.3) is 0 Å². The summed E-state index contributed by atoms with van der Waals surface area (Å²) in [5, 5.41) is 0. The largest absolute Gasteiger partial charge is 0.493 e. The second-order valence-electron chi connectivity index (χ2n) is 6.58. The zero-order valence-corrected chi connectivity index (χ0v) is 17.0. The van der Waals surface area contributed by atoms with Crippen LogP contribution in [0.15, 0.2) is 42.5 Å². The van der Waals surface area contributed by atoms with E-state index >= 15 is 0 Å². The molecule has 0 N–H and O–H groups in total. The molecule has 2 aromatic carbocycles. The maximum Gasteiger partial charge on any atom is 0.257 e. The number of carbonyl (C=O) groups excluding carboxylic acids is 2. The van der Waals surface area contributed by atoms with Crippen molar-refractivity contribution in [2.75, 3.05) is 47.0 Å². The Bertz CT molecular complexity index is 875. The number of hydrogen-bond acceptors (Lipinski definition) is 5. The Morgan fingerprint density at radius 2 is 1.45 bits per heavy atom. The Morgan fingerprint density at radius 1 is 0.828 bits per heavy atom. The summed E-state index contributed by atoms with van der Waals surface area (Å²) >= 11 is 0. The van der Waals surface area contributed by atoms with Gasteiger partial charge in [-0.05, 0) is 37.3 Å². The maximum atomic E-state index is 12.9. The summed E-state index contributed by atoms with van der Waals surface area (Å²) in [6.45, 7) is 4.26. The van der Waals surface area contributed by atoms with E-state index in [4.69, 9.17) is 14.2 Å². The average Bonchev–Trinajstić information content (AvgIpc) is 2.78. The van der Waals surface area contributed by atoms with Crippen molar-refractivity contribution in [2.24, 2.45) is 0 Å². The summed E-state index contributed by atoms with van der Waals surface area (Å²) in [7, 11) is 3.09. The number of rotatable bonds is 6. The van der Waals surface area contributed by atoms with Gasteiger partial charge in [0.15, 0.2) is 11.5 Å². The SMILES string of the molecule is CCOc1ccccc1C(=O)N1CCN(C(=O)c2ccc(OC)c(OC)c2)CC1. The summed E-state index contributed by atoms with van der Waals surface area (Å²) in [4.78, 5) is 29.3. The molecule has 0 aromatic heterocycles. The summed E-state index contributed by atoms with van der Waals surface area (Å²) in [5.41, 5.74) is 1.08. The fourth-order valence-electron chi connectivity index (χ4n) is 3.36. The quantitative estimate of drug-likeness (QED) is 0.748. The van der Waals surface area contributed by atoms with Crippen LogP contribution in [-0.4, -0.2) is 68.6 Å². The van der Waals surface area contributed by atoms with Crippen molar-refractivity contribution in [1.82, 2.24) is 9.80 Å². The van der Waals surface area contributed by atoms with Gasteiger partial charge in [0.2, 0.25) is 0 Å². The van der Waals surface area contributed by atoms with E-state index in [1.165, 1.54) is 7.11 Å². The van der Waals surface area contributed by atoms with Gasteiger partial charge in [0.1, 0.15) is 5.75 Å². The van der Waals surface area contributed by atoms with Gasteiger partial charge in [0.05, 0.1) is 26.4 Å². The van der Waals surface area contributed by atoms with Crippen LogP contribution in [-0.2, 0) is 0 Å². The van der Waals surface area contributed by atoms with Gasteiger partial charge in [-0.1, -0.05) is 12.1 Å². The zero-order chi connectivity index (χ0) is 20.8. The molecule has 29 heavy (non-hydrogen) atoms. The smallest absolute Gasteiger partial charge is 0.257 e. The number of carbonyl (C=O) groups is 2. The van der Waals surface area contributed by atoms with Gasteiger partial charge in [0, 0.05) is 31.7 Å². The van der Waals surface area contributed by atoms with E-state index in [1.54, 1.807) is 47.2 Å². The number of nitrogens with zero attached hydrogens (tertiary/aromatic N) is 2. The third-order valence-electron chi connectivity index (χ3n) is 4.90. The third-order valence-corrected chi connectivity index (χ3v) is 4.90. The number of methoxy groups -OCH3 is 2. The Hall–Kier alpha value is -3.22. The van der Waals surface area contributed by atoms with Crippen molar-refractivity contribution in [3.8, 4) is 17.2 Å². The lowest BCUT2D eigenvalue weighted by Gasteiger charge is -2.35. The van der Waals surface area contributed by atoms with Gasteiger partial charge >= 0.3 is 0 Å². The monoisotopic (exact) mass is 398 g/mol. The minimum absolute atomic E-state index is 0.0766. The topological polar surface area (TPSA) is 68.3 Å². The first-order chi connectivity index (χ1) is 14.1. The molecule has 0 aliphatic carbocycles. The Labute approximate surface area is 170 Å². The lowest BCUT2D eigenvalue weighted by molar-refractivity contribution is 0.0533. The fourth-order valence-corrected chi connectivity index (χ4v) is 3.36. The van der Waals surface area contributed by atoms with Crippen molar-refractivity contribution >= 4 is 11.8 Å². The first-order valence-electron chi connectivity index (χ1n) is 9.61. The fraction of sp³-hybridized carbons (Fsp3) is 0.364. The molecule has 7 heteroatoms. The number of hydrogen-bond donors (Lipinski definition) is 0. The molecule has 1 saturated heterocycles. The van der Waals surface area contributed by atoms with Gasteiger partial charge < -0.3 is 24.0 Å². The van der Waals surface area contributed by atoms with Crippen molar-refractivity contribution < 1.29 is 23.8 Å². The van der Waals surface area contributed by atoms with E-state index in [2.05, 4.69) is 0 Å². The second-order valence-corrected chi connectivity index (χ2v) is 6.58. The highest BCUT2D eigenvalue weighted by Gasteiger charge is 2.27. The van der Waals surface area contributed by atoms with Crippen LogP contribution in [0.4, 0.5) is 0 Å². The van der Waals surface area contributed by atoms with Gasteiger partial charge in [-0.25, -0.2) is 0 Å². The predicted molar refractivity (Wildman–Crippen MR) is 109 cm³/mol. The molecule has 0 atom stereocenters. The van der Waals surface area contributed by atoms with Crippen molar-refractivity contribution in [2.45, 2.75) is 6.92 Å². The van der Waals surface area contributed by atoms with Crippen LogP contribution in [0.1, 0.15) is 27.6 Å². The summed E-state index contributed by atoms with van der Waals surface area (Å²) in [5.74, 6) is 1.51. The van der Waals surface area contributed by atoms with Gasteiger partial charge in [-0.2, -0.15) is 0 Å². The molecule has 7 nitrogen and oxygen atoms in total. The highest BCUT2D eigenvalue weighted by molar-refractivity contribution is 5.98. The van der Waals surface area contributed by atoms with E-state index in [9.17, 15) is 9.59 Å². The van der Waals surface area contributed by atoms with Crippen LogP contribution in [0, 0.1) is 0 Å². The summed E-state index contributed by atoms with van der Waals surface area (Å²) in [6, 6.07) is 12.4. The minimum Gasteiger partial charge on any atom is -0.493 e. The van der Waals surface area contributed by atoms with Crippen molar-refractivity contribution in [3.05, 3.63) is 53.6 Å². The number of para-hydroxylation sites is 1. The maximum absolute atomic E-state index is 12.9. The molecule has 2 amide bonds. The predicted octanol–water partition coefficient (Wildman–Crippen LogP) is 2.70. The van der Waals surface area contributed by atoms with E-state index < -0.39 is 0 Å². The average molecular weight is 398 g/mol. The highest BCUT2D eigenvalue weighted by atomic mass is 16.5. The Balaban J connectivity index is 1.66. The Morgan fingerprint density at radius 3 is 2.07 bits per heavy atom. The van der Waals surface area contributed by atoms with Crippen LogP contribution >= 0.6 is 0 Å². The molecule has 2 aromatic rings. The number of amides is 2. The second kappa shape index (κ2) is 9.32. The van der Waals surface area contributed by atoms with E-state index in [1.807, 2.05) is 19.1 Å². The third kappa shape index (κ3) is 4.45. The number of benzene rings is 2. The van der Waals surface area contributed by atoms with Gasteiger partial charge in [-0.15, -0.1) is 0 Å². The first kappa shape index (κ1) is 20.5. The lowest BCUT2D eigenvalue weighted by atomic mass is 10.1. The molecule has 0 saturated carbocycles. The number of piperazine rings is 1. The molecule has 1 aliphatic heterocycles. The molecule has 0 unspecified atom stereocenters. The first-order valence-corrected chi connectivity index (χ1v) is 9.61.